The van der Waals surface area contributed by atoms with E-state index in [-0.39, 0.29) is 17.5 Å². The molecule has 0 atom stereocenters. The zero-order valence-electron chi connectivity index (χ0n) is 16.0. The number of amides is 1. The number of carbonyl (C=O) groups is 1. The Bertz CT molecular complexity index is 1060. The molecule has 0 aromatic heterocycles. The molecule has 28 heavy (non-hydrogen) atoms. The van der Waals surface area contributed by atoms with Crippen molar-refractivity contribution in [3.8, 4) is 11.8 Å². The lowest BCUT2D eigenvalue weighted by Crippen LogP contribution is -2.30. The second kappa shape index (κ2) is 8.88. The first-order valence-corrected chi connectivity index (χ1v) is 9.19. The Morgan fingerprint density at radius 3 is 2.54 bits per heavy atom. The molecule has 0 radical (unpaired) electrons. The van der Waals surface area contributed by atoms with Crippen LogP contribution in [0, 0.1) is 11.3 Å². The Balaban J connectivity index is 1.80. The number of benzene rings is 3. The first-order valence-electron chi connectivity index (χ1n) is 9.19. The lowest BCUT2D eigenvalue weighted by atomic mass is 10.1. The average Bonchev–Trinajstić information content (AvgIpc) is 2.70. The molecule has 3 aromatic rings. The van der Waals surface area contributed by atoms with E-state index in [1.807, 2.05) is 62.4 Å². The number of ether oxygens (including phenoxy) is 1. The summed E-state index contributed by atoms with van der Waals surface area (Å²) in [6.45, 7) is 4.11. The molecule has 0 unspecified atom stereocenters. The van der Waals surface area contributed by atoms with Crippen LogP contribution in [0.4, 0.5) is 0 Å². The van der Waals surface area contributed by atoms with Gasteiger partial charge in [0.15, 0.2) is 0 Å². The van der Waals surface area contributed by atoms with Crippen molar-refractivity contribution in [2.24, 2.45) is 0 Å². The number of hydrogen-bond acceptors (Lipinski definition) is 3. The SMILES string of the molecule is CC(C)NC(=O)/C(C#N)=C\c1ccccc1OCc1ccc2ccccc2c1. The van der Waals surface area contributed by atoms with Crippen LogP contribution in [0.15, 0.2) is 72.3 Å². The molecule has 140 valence electrons. The molecular weight excluding hydrogens is 348 g/mol. The normalized spacial score (nSPS) is 11.3. The third-order valence-electron chi connectivity index (χ3n) is 4.21. The molecule has 1 N–H and O–H groups in total. The van der Waals surface area contributed by atoms with Gasteiger partial charge in [0.25, 0.3) is 5.91 Å². The van der Waals surface area contributed by atoms with Crippen molar-refractivity contribution in [3.05, 3.63) is 83.4 Å². The van der Waals surface area contributed by atoms with Crippen LogP contribution in [-0.2, 0) is 11.4 Å². The number of para-hydroxylation sites is 1. The van der Waals surface area contributed by atoms with Gasteiger partial charge >= 0.3 is 0 Å². The third kappa shape index (κ3) is 4.77. The number of fused-ring (bicyclic) bond motifs is 1. The summed E-state index contributed by atoms with van der Waals surface area (Å²) < 4.78 is 5.99. The summed E-state index contributed by atoms with van der Waals surface area (Å²) in [5, 5.41) is 14.4. The maximum atomic E-state index is 12.2. The molecule has 1 amide bonds. The predicted molar refractivity (Wildman–Crippen MR) is 112 cm³/mol. The van der Waals surface area contributed by atoms with E-state index in [0.29, 0.717) is 17.9 Å². The second-order valence-corrected chi connectivity index (χ2v) is 6.81. The van der Waals surface area contributed by atoms with Gasteiger partial charge in [-0.3, -0.25) is 4.79 Å². The fourth-order valence-corrected chi connectivity index (χ4v) is 2.86. The molecule has 0 heterocycles. The molecule has 4 nitrogen and oxygen atoms in total. The highest BCUT2D eigenvalue weighted by Crippen LogP contribution is 2.23. The molecule has 0 aliphatic carbocycles. The molecule has 3 aromatic carbocycles. The highest BCUT2D eigenvalue weighted by atomic mass is 16.5. The molecule has 4 heteroatoms. The minimum atomic E-state index is -0.387. The van der Waals surface area contributed by atoms with Gasteiger partial charge in [-0.05, 0) is 48.4 Å². The van der Waals surface area contributed by atoms with Crippen LogP contribution >= 0.6 is 0 Å². The van der Waals surface area contributed by atoms with E-state index in [1.54, 1.807) is 6.08 Å². The molecule has 3 rings (SSSR count). The van der Waals surface area contributed by atoms with E-state index in [0.717, 1.165) is 10.9 Å². The van der Waals surface area contributed by atoms with Crippen LogP contribution in [0.2, 0.25) is 0 Å². The Kier molecular flexibility index (Phi) is 6.08. The van der Waals surface area contributed by atoms with Gasteiger partial charge in [0.1, 0.15) is 24.0 Å². The molecule has 0 fully saturated rings. The monoisotopic (exact) mass is 370 g/mol. The standard InChI is InChI=1S/C24H22N2O2/c1-17(2)26-24(27)22(15-25)14-21-9-5-6-10-23(21)28-16-18-11-12-19-7-3-4-8-20(19)13-18/h3-14,17H,16H2,1-2H3,(H,26,27)/b22-14-. The summed E-state index contributed by atoms with van der Waals surface area (Å²) in [4.78, 5) is 12.2. The molecule has 0 saturated carbocycles. The van der Waals surface area contributed by atoms with E-state index in [9.17, 15) is 10.1 Å². The van der Waals surface area contributed by atoms with Crippen molar-refractivity contribution < 1.29 is 9.53 Å². The molecule has 0 bridgehead atoms. The highest BCUT2D eigenvalue weighted by Gasteiger charge is 2.11. The molecule has 0 aliphatic heterocycles. The van der Waals surface area contributed by atoms with Crippen LogP contribution in [0.25, 0.3) is 16.8 Å². The lowest BCUT2D eigenvalue weighted by Gasteiger charge is -2.11. The fourth-order valence-electron chi connectivity index (χ4n) is 2.86. The van der Waals surface area contributed by atoms with Gasteiger partial charge < -0.3 is 10.1 Å². The average molecular weight is 370 g/mol. The van der Waals surface area contributed by atoms with Gasteiger partial charge in [0.2, 0.25) is 0 Å². The first-order chi connectivity index (χ1) is 13.6. The largest absolute Gasteiger partial charge is 0.488 e. The topological polar surface area (TPSA) is 62.1 Å². The number of hydrogen-bond donors (Lipinski definition) is 1. The number of nitriles is 1. The smallest absolute Gasteiger partial charge is 0.262 e. The van der Waals surface area contributed by atoms with Crippen LogP contribution in [-0.4, -0.2) is 11.9 Å². The fraction of sp³-hybridized carbons (Fsp3) is 0.167. The second-order valence-electron chi connectivity index (χ2n) is 6.81. The summed E-state index contributed by atoms with van der Waals surface area (Å²) in [5.41, 5.74) is 1.80. The van der Waals surface area contributed by atoms with Crippen molar-refractivity contribution in [2.45, 2.75) is 26.5 Å². The minimum absolute atomic E-state index is 0.0383. The van der Waals surface area contributed by atoms with E-state index < -0.39 is 0 Å². The molecule has 0 saturated heterocycles. The molecule has 0 spiro atoms. The zero-order valence-corrected chi connectivity index (χ0v) is 16.0. The maximum Gasteiger partial charge on any atom is 0.262 e. The van der Waals surface area contributed by atoms with Crippen molar-refractivity contribution in [3.63, 3.8) is 0 Å². The summed E-state index contributed by atoms with van der Waals surface area (Å²) in [7, 11) is 0. The maximum absolute atomic E-state index is 12.2. The summed E-state index contributed by atoms with van der Waals surface area (Å²) in [6.07, 6.45) is 1.56. The van der Waals surface area contributed by atoms with E-state index in [2.05, 4.69) is 29.6 Å². The molecular formula is C24H22N2O2. The van der Waals surface area contributed by atoms with Gasteiger partial charge in [-0.2, -0.15) is 5.26 Å². The van der Waals surface area contributed by atoms with Crippen molar-refractivity contribution >= 4 is 22.8 Å². The van der Waals surface area contributed by atoms with E-state index in [1.165, 1.54) is 5.39 Å². The summed E-state index contributed by atoms with van der Waals surface area (Å²) in [5.74, 6) is 0.239. The van der Waals surface area contributed by atoms with Gasteiger partial charge in [-0.25, -0.2) is 0 Å². The van der Waals surface area contributed by atoms with Gasteiger partial charge in [-0.15, -0.1) is 0 Å². The predicted octanol–water partition coefficient (Wildman–Crippen LogP) is 4.85. The minimum Gasteiger partial charge on any atom is -0.488 e. The lowest BCUT2D eigenvalue weighted by molar-refractivity contribution is -0.117. The van der Waals surface area contributed by atoms with Crippen LogP contribution in [0.5, 0.6) is 5.75 Å². The Morgan fingerprint density at radius 2 is 1.79 bits per heavy atom. The number of nitrogens with one attached hydrogen (secondary N) is 1. The van der Waals surface area contributed by atoms with Crippen LogP contribution in [0.3, 0.4) is 0 Å². The summed E-state index contributed by atoms with van der Waals surface area (Å²) in [6, 6.07) is 23.7. The number of carbonyl (C=O) groups excluding carboxylic acids is 1. The van der Waals surface area contributed by atoms with Gasteiger partial charge in [0, 0.05) is 11.6 Å². The van der Waals surface area contributed by atoms with Crippen LogP contribution < -0.4 is 10.1 Å². The van der Waals surface area contributed by atoms with Gasteiger partial charge in [-0.1, -0.05) is 54.6 Å². The van der Waals surface area contributed by atoms with E-state index in [4.69, 9.17) is 4.74 Å². The third-order valence-corrected chi connectivity index (χ3v) is 4.21. The Hall–Kier alpha value is -3.58. The van der Waals surface area contributed by atoms with Gasteiger partial charge in [0.05, 0.1) is 0 Å². The Morgan fingerprint density at radius 1 is 1.07 bits per heavy atom. The molecule has 0 aliphatic rings. The highest BCUT2D eigenvalue weighted by molar-refractivity contribution is 6.02. The van der Waals surface area contributed by atoms with Crippen LogP contribution in [0.1, 0.15) is 25.0 Å². The quantitative estimate of drug-likeness (QED) is 0.498. The van der Waals surface area contributed by atoms with Crippen molar-refractivity contribution in [1.29, 1.82) is 5.26 Å². The van der Waals surface area contributed by atoms with Crippen molar-refractivity contribution in [1.82, 2.24) is 5.32 Å². The number of nitrogens with zero attached hydrogens (tertiary/aromatic N) is 1. The van der Waals surface area contributed by atoms with E-state index >= 15 is 0 Å². The Labute approximate surface area is 165 Å². The zero-order chi connectivity index (χ0) is 19.9. The number of rotatable bonds is 6. The first kappa shape index (κ1) is 19.2. The van der Waals surface area contributed by atoms with Crippen molar-refractivity contribution in [2.75, 3.05) is 0 Å². The summed E-state index contributed by atoms with van der Waals surface area (Å²) >= 11 is 0.